The maximum Gasteiger partial charge on any atom is 0.246 e. The van der Waals surface area contributed by atoms with Crippen molar-refractivity contribution in [3.05, 3.63) is 89.1 Å². The van der Waals surface area contributed by atoms with E-state index in [4.69, 9.17) is 4.74 Å². The molecule has 0 aliphatic carbocycles. The van der Waals surface area contributed by atoms with Gasteiger partial charge in [0, 0.05) is 35.5 Å². The first-order valence-electron chi connectivity index (χ1n) is 10.7. The SMILES string of the molecule is O=C(Cn1c2ccccc2c(=O)c2ccccc21)N(C[C@@H]1CCOC1)c1ccccc1. The highest BCUT2D eigenvalue weighted by atomic mass is 16.5. The summed E-state index contributed by atoms with van der Waals surface area (Å²) in [5.41, 5.74) is 2.43. The van der Waals surface area contributed by atoms with E-state index in [-0.39, 0.29) is 17.9 Å². The second kappa shape index (κ2) is 8.36. The van der Waals surface area contributed by atoms with Gasteiger partial charge in [-0.1, -0.05) is 42.5 Å². The van der Waals surface area contributed by atoms with Gasteiger partial charge in [-0.2, -0.15) is 0 Å². The molecule has 3 aromatic carbocycles. The Balaban J connectivity index is 1.59. The van der Waals surface area contributed by atoms with Gasteiger partial charge in [-0.3, -0.25) is 9.59 Å². The molecule has 1 atom stereocenters. The monoisotopic (exact) mass is 412 g/mol. The summed E-state index contributed by atoms with van der Waals surface area (Å²) in [5.74, 6) is 0.323. The van der Waals surface area contributed by atoms with Gasteiger partial charge in [0.05, 0.1) is 17.6 Å². The van der Waals surface area contributed by atoms with Crippen molar-refractivity contribution < 1.29 is 9.53 Å². The summed E-state index contributed by atoms with van der Waals surface area (Å²) in [6.07, 6.45) is 0.959. The van der Waals surface area contributed by atoms with Gasteiger partial charge < -0.3 is 14.2 Å². The molecule has 1 amide bonds. The van der Waals surface area contributed by atoms with Gasteiger partial charge >= 0.3 is 0 Å². The molecule has 1 aliphatic rings. The number of amides is 1. The number of anilines is 1. The Labute approximate surface area is 180 Å². The minimum Gasteiger partial charge on any atom is -0.381 e. The van der Waals surface area contributed by atoms with E-state index < -0.39 is 0 Å². The fourth-order valence-corrected chi connectivity index (χ4v) is 4.41. The van der Waals surface area contributed by atoms with Crippen molar-refractivity contribution in [3.8, 4) is 0 Å². The zero-order valence-electron chi connectivity index (χ0n) is 17.2. The van der Waals surface area contributed by atoms with E-state index in [0.717, 1.165) is 29.7 Å². The molecular weight excluding hydrogens is 388 g/mol. The first-order valence-corrected chi connectivity index (χ1v) is 10.7. The molecule has 5 heteroatoms. The van der Waals surface area contributed by atoms with E-state index in [1.54, 1.807) is 0 Å². The molecule has 4 aromatic rings. The van der Waals surface area contributed by atoms with Crippen LogP contribution < -0.4 is 10.3 Å². The van der Waals surface area contributed by atoms with Crippen LogP contribution in [0.15, 0.2) is 83.7 Å². The second-order valence-electron chi connectivity index (χ2n) is 8.02. The van der Waals surface area contributed by atoms with Crippen molar-refractivity contribution in [2.45, 2.75) is 13.0 Å². The van der Waals surface area contributed by atoms with Crippen LogP contribution in [-0.2, 0) is 16.1 Å². The molecule has 0 radical (unpaired) electrons. The van der Waals surface area contributed by atoms with E-state index in [1.807, 2.05) is 88.3 Å². The van der Waals surface area contributed by atoms with Gasteiger partial charge in [-0.05, 0) is 42.8 Å². The predicted molar refractivity (Wildman–Crippen MR) is 123 cm³/mol. The van der Waals surface area contributed by atoms with E-state index in [9.17, 15) is 9.59 Å². The molecule has 2 heterocycles. The number of carbonyl (C=O) groups excluding carboxylic acids is 1. The Bertz CT molecular complexity index is 1230. The molecule has 0 unspecified atom stereocenters. The standard InChI is InChI=1S/C26H24N2O3/c29-25(27(16-19-14-15-31-18-19)20-8-2-1-3-9-20)17-28-23-12-6-4-10-21(23)26(30)22-11-5-7-13-24(22)28/h1-13,19H,14-18H2/t19-/m0/s1. The van der Waals surface area contributed by atoms with Gasteiger partial charge in [0.1, 0.15) is 6.54 Å². The molecule has 0 bridgehead atoms. The smallest absolute Gasteiger partial charge is 0.246 e. The fourth-order valence-electron chi connectivity index (χ4n) is 4.41. The van der Waals surface area contributed by atoms with Gasteiger partial charge in [-0.15, -0.1) is 0 Å². The summed E-state index contributed by atoms with van der Waals surface area (Å²) in [5, 5.41) is 1.26. The highest BCUT2D eigenvalue weighted by Gasteiger charge is 2.24. The molecule has 5 nitrogen and oxygen atoms in total. The van der Waals surface area contributed by atoms with Crippen molar-refractivity contribution in [1.82, 2.24) is 4.57 Å². The lowest BCUT2D eigenvalue weighted by molar-refractivity contribution is -0.119. The van der Waals surface area contributed by atoms with Crippen molar-refractivity contribution in [3.63, 3.8) is 0 Å². The number of carbonyl (C=O) groups is 1. The average Bonchev–Trinajstić information content (AvgIpc) is 3.34. The van der Waals surface area contributed by atoms with Gasteiger partial charge in [0.15, 0.2) is 5.43 Å². The van der Waals surface area contributed by atoms with Crippen LogP contribution in [0.1, 0.15) is 6.42 Å². The van der Waals surface area contributed by atoms with Gasteiger partial charge in [0.25, 0.3) is 0 Å². The van der Waals surface area contributed by atoms with Crippen molar-refractivity contribution >= 4 is 33.4 Å². The van der Waals surface area contributed by atoms with E-state index in [0.29, 0.717) is 29.8 Å². The number of benzene rings is 3. The van der Waals surface area contributed by atoms with Crippen molar-refractivity contribution in [1.29, 1.82) is 0 Å². The number of aromatic nitrogens is 1. The normalized spacial score (nSPS) is 16.1. The number of ether oxygens (including phenoxy) is 1. The predicted octanol–water partition coefficient (Wildman–Crippen LogP) is 4.22. The zero-order valence-corrected chi connectivity index (χ0v) is 17.2. The summed E-state index contributed by atoms with van der Waals surface area (Å²) in [6, 6.07) is 24.8. The third-order valence-corrected chi connectivity index (χ3v) is 6.01. The molecule has 1 aliphatic heterocycles. The summed E-state index contributed by atoms with van der Waals surface area (Å²) in [7, 11) is 0. The Kier molecular flexibility index (Phi) is 5.26. The average molecular weight is 412 g/mol. The lowest BCUT2D eigenvalue weighted by atomic mass is 10.1. The van der Waals surface area contributed by atoms with E-state index >= 15 is 0 Å². The minimum atomic E-state index is -0.00273. The number of para-hydroxylation sites is 3. The maximum atomic E-state index is 13.7. The second-order valence-corrected chi connectivity index (χ2v) is 8.02. The molecule has 0 spiro atoms. The molecule has 1 fully saturated rings. The first kappa shape index (κ1) is 19.5. The Morgan fingerprint density at radius 1 is 0.903 bits per heavy atom. The van der Waals surface area contributed by atoms with Crippen LogP contribution in [0.25, 0.3) is 21.8 Å². The zero-order chi connectivity index (χ0) is 21.2. The number of nitrogens with zero attached hydrogens (tertiary/aromatic N) is 2. The Hall–Kier alpha value is -3.44. The highest BCUT2D eigenvalue weighted by Crippen LogP contribution is 2.23. The van der Waals surface area contributed by atoms with Crippen LogP contribution in [0.3, 0.4) is 0 Å². The summed E-state index contributed by atoms with van der Waals surface area (Å²) < 4.78 is 7.51. The van der Waals surface area contributed by atoms with Crippen LogP contribution in [0, 0.1) is 5.92 Å². The molecule has 1 saturated heterocycles. The van der Waals surface area contributed by atoms with Gasteiger partial charge in [0.2, 0.25) is 5.91 Å². The number of hydrogen-bond donors (Lipinski definition) is 0. The summed E-state index contributed by atoms with van der Waals surface area (Å²) >= 11 is 0. The Morgan fingerprint density at radius 3 is 2.13 bits per heavy atom. The summed E-state index contributed by atoms with van der Waals surface area (Å²) in [6.45, 7) is 2.21. The summed E-state index contributed by atoms with van der Waals surface area (Å²) in [4.78, 5) is 28.5. The fraction of sp³-hybridized carbons (Fsp3) is 0.231. The van der Waals surface area contributed by atoms with E-state index in [1.165, 1.54) is 0 Å². The molecule has 5 rings (SSSR count). The molecule has 31 heavy (non-hydrogen) atoms. The topological polar surface area (TPSA) is 51.5 Å². The van der Waals surface area contributed by atoms with Crippen molar-refractivity contribution in [2.75, 3.05) is 24.7 Å². The molecule has 1 aromatic heterocycles. The van der Waals surface area contributed by atoms with Crippen LogP contribution in [0.2, 0.25) is 0 Å². The van der Waals surface area contributed by atoms with Crippen LogP contribution >= 0.6 is 0 Å². The van der Waals surface area contributed by atoms with E-state index in [2.05, 4.69) is 0 Å². The molecule has 0 saturated carbocycles. The number of rotatable bonds is 5. The molecule has 156 valence electrons. The Morgan fingerprint density at radius 2 is 1.52 bits per heavy atom. The van der Waals surface area contributed by atoms with Crippen LogP contribution in [-0.4, -0.2) is 30.2 Å². The molecular formula is C26H24N2O3. The third kappa shape index (κ3) is 3.73. The third-order valence-electron chi connectivity index (χ3n) is 6.01. The van der Waals surface area contributed by atoms with Crippen LogP contribution in [0.4, 0.5) is 5.69 Å². The lowest BCUT2D eigenvalue weighted by Crippen LogP contribution is -2.38. The minimum absolute atomic E-state index is 0.00193. The lowest BCUT2D eigenvalue weighted by Gasteiger charge is -2.26. The quantitative estimate of drug-likeness (QED) is 0.461. The molecule has 0 N–H and O–H groups in total. The van der Waals surface area contributed by atoms with Gasteiger partial charge in [-0.25, -0.2) is 0 Å². The first-order chi connectivity index (χ1) is 15.2. The van der Waals surface area contributed by atoms with Crippen molar-refractivity contribution in [2.24, 2.45) is 5.92 Å². The number of fused-ring (bicyclic) bond motifs is 2. The number of pyridine rings is 1. The van der Waals surface area contributed by atoms with Crippen LogP contribution in [0.5, 0.6) is 0 Å². The largest absolute Gasteiger partial charge is 0.381 e. The highest BCUT2D eigenvalue weighted by molar-refractivity contribution is 5.98. The maximum absolute atomic E-state index is 13.7. The number of hydrogen-bond acceptors (Lipinski definition) is 3.